The van der Waals surface area contributed by atoms with E-state index in [4.69, 9.17) is 20.0 Å². The van der Waals surface area contributed by atoms with E-state index in [0.29, 0.717) is 5.56 Å². The number of nitriles is 1. The maximum absolute atomic E-state index is 9.14. The lowest BCUT2D eigenvalue weighted by Crippen LogP contribution is -2.24. The van der Waals surface area contributed by atoms with Crippen molar-refractivity contribution >= 4 is 21.8 Å². The minimum absolute atomic E-state index is 0.193. The number of ether oxygens (including phenoxy) is 1. The molecule has 7 rings (SSSR count). The van der Waals surface area contributed by atoms with E-state index < -0.39 is 0 Å². The third-order valence-corrected chi connectivity index (χ3v) is 7.56. The smallest absolute Gasteiger partial charge is 0.131 e. The van der Waals surface area contributed by atoms with Gasteiger partial charge in [-0.05, 0) is 48.5 Å². The lowest BCUT2D eigenvalue weighted by molar-refractivity contribution is 0.418. The number of nitrogens with zero attached hydrogens (tertiary/aromatic N) is 3. The largest absolute Gasteiger partial charge is 0.457 e. The van der Waals surface area contributed by atoms with Crippen LogP contribution in [0, 0.1) is 11.3 Å². The van der Waals surface area contributed by atoms with Gasteiger partial charge in [-0.3, -0.25) is 0 Å². The van der Waals surface area contributed by atoms with Crippen molar-refractivity contribution in [3.63, 3.8) is 0 Å². The minimum Gasteiger partial charge on any atom is -0.457 e. The quantitative estimate of drug-likeness (QED) is 0.229. The van der Waals surface area contributed by atoms with Crippen molar-refractivity contribution in [3.05, 3.63) is 120 Å². The molecule has 3 heterocycles. The summed E-state index contributed by atoms with van der Waals surface area (Å²) in [6.45, 7) is 4.49. The van der Waals surface area contributed by atoms with Crippen LogP contribution in [0.4, 0.5) is 0 Å². The minimum atomic E-state index is -0.193. The molecule has 0 atom stereocenters. The van der Waals surface area contributed by atoms with Gasteiger partial charge in [0, 0.05) is 38.4 Å². The van der Waals surface area contributed by atoms with E-state index in [2.05, 4.69) is 80.6 Å². The maximum atomic E-state index is 9.14. The average molecular weight is 490 g/mol. The van der Waals surface area contributed by atoms with Crippen molar-refractivity contribution in [3.8, 4) is 40.1 Å². The zero-order valence-corrected chi connectivity index (χ0v) is 21.1. The van der Waals surface area contributed by atoms with E-state index in [1.54, 1.807) is 0 Å². The Labute approximate surface area is 220 Å². The molecule has 0 fully saturated rings. The monoisotopic (exact) mass is 489 g/mol. The molecular weight excluding hydrogens is 466 g/mol. The standard InChI is InChI=1S/C34H23N3O/c1-34(2)26-5-3-4-6-30(26)38-31-18-15-25(19-27(31)34)29-17-14-24-12-11-23-13-16-28(36-32(23)33(24)37-29)22-9-7-21(20-35)8-10-22/h3-19H,1-2H3. The second kappa shape index (κ2) is 8.26. The molecule has 0 spiro atoms. The molecule has 38 heavy (non-hydrogen) atoms. The normalized spacial score (nSPS) is 13.4. The number of para-hydroxylation sites is 1. The lowest BCUT2D eigenvalue weighted by Gasteiger charge is -2.34. The first-order valence-corrected chi connectivity index (χ1v) is 12.6. The predicted octanol–water partition coefficient (Wildman–Crippen LogP) is 8.42. The number of aromatic nitrogens is 2. The van der Waals surface area contributed by atoms with Gasteiger partial charge >= 0.3 is 0 Å². The molecular formula is C34H23N3O. The van der Waals surface area contributed by atoms with Crippen LogP contribution in [0.25, 0.3) is 44.3 Å². The summed E-state index contributed by atoms with van der Waals surface area (Å²) in [4.78, 5) is 10.1. The van der Waals surface area contributed by atoms with Crippen LogP contribution < -0.4 is 4.74 Å². The molecule has 180 valence electrons. The highest BCUT2D eigenvalue weighted by Crippen LogP contribution is 2.48. The molecule has 4 heteroatoms. The van der Waals surface area contributed by atoms with Crippen molar-refractivity contribution in [2.45, 2.75) is 19.3 Å². The van der Waals surface area contributed by atoms with Gasteiger partial charge in [-0.2, -0.15) is 5.26 Å². The Balaban J connectivity index is 1.36. The van der Waals surface area contributed by atoms with Gasteiger partial charge in [0.2, 0.25) is 0 Å². The summed E-state index contributed by atoms with van der Waals surface area (Å²) in [5, 5.41) is 11.2. The summed E-state index contributed by atoms with van der Waals surface area (Å²) in [5.74, 6) is 1.80. The molecule has 0 amide bonds. The van der Waals surface area contributed by atoms with Gasteiger partial charge in [0.1, 0.15) is 11.5 Å². The molecule has 0 bridgehead atoms. The summed E-state index contributed by atoms with van der Waals surface area (Å²) in [5.41, 5.74) is 8.27. The number of benzene rings is 4. The maximum Gasteiger partial charge on any atom is 0.131 e. The molecule has 0 radical (unpaired) electrons. The molecule has 1 aliphatic heterocycles. The van der Waals surface area contributed by atoms with E-state index in [0.717, 1.165) is 61.4 Å². The summed E-state index contributed by atoms with van der Waals surface area (Å²) in [6, 6.07) is 36.7. The van der Waals surface area contributed by atoms with Crippen LogP contribution in [0.15, 0.2) is 103 Å². The van der Waals surface area contributed by atoms with E-state index in [9.17, 15) is 0 Å². The second-order valence-corrected chi connectivity index (χ2v) is 10.2. The highest BCUT2D eigenvalue weighted by atomic mass is 16.5. The van der Waals surface area contributed by atoms with Gasteiger partial charge in [0.15, 0.2) is 0 Å². The average Bonchev–Trinajstić information content (AvgIpc) is 2.96. The fourth-order valence-electron chi connectivity index (χ4n) is 5.41. The van der Waals surface area contributed by atoms with E-state index in [-0.39, 0.29) is 5.41 Å². The van der Waals surface area contributed by atoms with E-state index >= 15 is 0 Å². The Bertz CT molecular complexity index is 1930. The van der Waals surface area contributed by atoms with Crippen molar-refractivity contribution in [2.75, 3.05) is 0 Å². The topological polar surface area (TPSA) is 58.8 Å². The Kier molecular flexibility index (Phi) is 4.83. The van der Waals surface area contributed by atoms with E-state index in [1.165, 1.54) is 5.56 Å². The molecule has 0 unspecified atom stereocenters. The molecule has 4 aromatic carbocycles. The fraction of sp³-hybridized carbons (Fsp3) is 0.0882. The SMILES string of the molecule is CC1(C)c2ccccc2Oc2ccc(-c3ccc4ccc5ccc(-c6ccc(C#N)cc6)nc5c4n3)cc21. The van der Waals surface area contributed by atoms with Crippen LogP contribution in [0.3, 0.4) is 0 Å². The van der Waals surface area contributed by atoms with Crippen LogP contribution in [-0.2, 0) is 5.41 Å². The molecule has 0 N–H and O–H groups in total. The highest BCUT2D eigenvalue weighted by molar-refractivity contribution is 6.04. The Hall–Kier alpha value is -5.01. The zero-order valence-electron chi connectivity index (χ0n) is 21.1. The third kappa shape index (κ3) is 3.44. The fourth-order valence-corrected chi connectivity index (χ4v) is 5.41. The third-order valence-electron chi connectivity index (χ3n) is 7.56. The van der Waals surface area contributed by atoms with Crippen molar-refractivity contribution < 1.29 is 4.74 Å². The van der Waals surface area contributed by atoms with Gasteiger partial charge in [-0.1, -0.05) is 68.4 Å². The molecule has 0 aliphatic carbocycles. The number of fused-ring (bicyclic) bond motifs is 5. The molecule has 1 aliphatic rings. The first kappa shape index (κ1) is 22.2. The zero-order chi connectivity index (χ0) is 25.9. The Morgan fingerprint density at radius 1 is 0.632 bits per heavy atom. The first-order chi connectivity index (χ1) is 18.5. The Morgan fingerprint density at radius 3 is 1.89 bits per heavy atom. The molecule has 0 saturated carbocycles. The van der Waals surface area contributed by atoms with Gasteiger partial charge in [0.25, 0.3) is 0 Å². The summed E-state index contributed by atoms with van der Waals surface area (Å²) < 4.78 is 6.25. The summed E-state index contributed by atoms with van der Waals surface area (Å²) in [7, 11) is 0. The van der Waals surface area contributed by atoms with Crippen LogP contribution >= 0.6 is 0 Å². The first-order valence-electron chi connectivity index (χ1n) is 12.6. The van der Waals surface area contributed by atoms with Gasteiger partial charge in [-0.25, -0.2) is 9.97 Å². The highest BCUT2D eigenvalue weighted by Gasteiger charge is 2.34. The van der Waals surface area contributed by atoms with Crippen molar-refractivity contribution in [2.24, 2.45) is 0 Å². The van der Waals surface area contributed by atoms with Crippen LogP contribution in [0.2, 0.25) is 0 Å². The van der Waals surface area contributed by atoms with Crippen LogP contribution in [0.5, 0.6) is 11.5 Å². The van der Waals surface area contributed by atoms with Crippen molar-refractivity contribution in [1.82, 2.24) is 9.97 Å². The Morgan fingerprint density at radius 2 is 1.21 bits per heavy atom. The lowest BCUT2D eigenvalue weighted by atomic mass is 9.75. The predicted molar refractivity (Wildman–Crippen MR) is 151 cm³/mol. The second-order valence-electron chi connectivity index (χ2n) is 10.2. The molecule has 2 aromatic heterocycles. The number of hydrogen-bond acceptors (Lipinski definition) is 4. The molecule has 0 saturated heterocycles. The van der Waals surface area contributed by atoms with Crippen molar-refractivity contribution in [1.29, 1.82) is 5.26 Å². The van der Waals surface area contributed by atoms with Crippen LogP contribution in [-0.4, -0.2) is 9.97 Å². The summed E-state index contributed by atoms with van der Waals surface area (Å²) >= 11 is 0. The number of hydrogen-bond donors (Lipinski definition) is 0. The summed E-state index contributed by atoms with van der Waals surface area (Å²) in [6.07, 6.45) is 0. The van der Waals surface area contributed by atoms with Crippen LogP contribution in [0.1, 0.15) is 30.5 Å². The van der Waals surface area contributed by atoms with Gasteiger partial charge in [-0.15, -0.1) is 0 Å². The van der Waals surface area contributed by atoms with E-state index in [1.807, 2.05) is 42.5 Å². The van der Waals surface area contributed by atoms with Gasteiger partial charge in [0.05, 0.1) is 34.1 Å². The van der Waals surface area contributed by atoms with Gasteiger partial charge < -0.3 is 4.74 Å². The number of pyridine rings is 2. The molecule has 6 aromatic rings. The number of rotatable bonds is 2. The molecule has 4 nitrogen and oxygen atoms in total.